The van der Waals surface area contributed by atoms with Crippen LogP contribution in [0.25, 0.3) is 0 Å². The Labute approximate surface area is 99.6 Å². The van der Waals surface area contributed by atoms with E-state index >= 15 is 0 Å². The highest BCUT2D eigenvalue weighted by Crippen LogP contribution is 2.21. The first kappa shape index (κ1) is 11.0. The van der Waals surface area contributed by atoms with Crippen molar-refractivity contribution in [3.63, 3.8) is 0 Å². The lowest BCUT2D eigenvalue weighted by Gasteiger charge is -2.10. The van der Waals surface area contributed by atoms with E-state index in [0.717, 1.165) is 35.1 Å². The molecule has 0 spiro atoms. The number of thioether (sulfide) groups is 1. The van der Waals surface area contributed by atoms with Crippen molar-refractivity contribution in [2.45, 2.75) is 13.3 Å². The molecule has 1 aromatic rings. The molecule has 1 aliphatic heterocycles. The van der Waals surface area contributed by atoms with Crippen LogP contribution >= 0.6 is 11.8 Å². The van der Waals surface area contributed by atoms with E-state index in [2.05, 4.69) is 23.3 Å². The van der Waals surface area contributed by atoms with E-state index in [9.17, 15) is 0 Å². The molecule has 2 rings (SSSR count). The zero-order valence-corrected chi connectivity index (χ0v) is 9.97. The van der Waals surface area contributed by atoms with Crippen LogP contribution in [0.15, 0.2) is 23.2 Å². The van der Waals surface area contributed by atoms with Crippen molar-refractivity contribution in [1.29, 1.82) is 5.26 Å². The van der Waals surface area contributed by atoms with Gasteiger partial charge in [0.25, 0.3) is 0 Å². The van der Waals surface area contributed by atoms with Crippen LogP contribution in [-0.2, 0) is 6.42 Å². The van der Waals surface area contributed by atoms with Crippen molar-refractivity contribution in [2.75, 3.05) is 17.6 Å². The lowest BCUT2D eigenvalue weighted by molar-refractivity contribution is 1.14. The quantitative estimate of drug-likeness (QED) is 0.851. The van der Waals surface area contributed by atoms with E-state index in [0.29, 0.717) is 5.56 Å². The van der Waals surface area contributed by atoms with E-state index in [1.165, 1.54) is 0 Å². The first-order valence-electron chi connectivity index (χ1n) is 5.30. The topological polar surface area (TPSA) is 48.2 Å². The highest BCUT2D eigenvalue weighted by atomic mass is 32.2. The molecule has 0 amide bonds. The number of anilines is 1. The average Bonchev–Trinajstić information content (AvgIpc) is 2.82. The Hall–Kier alpha value is -1.47. The fraction of sp³-hybridized carbons (Fsp3) is 0.333. The van der Waals surface area contributed by atoms with Gasteiger partial charge in [-0.1, -0.05) is 18.7 Å². The van der Waals surface area contributed by atoms with Gasteiger partial charge in [0.2, 0.25) is 0 Å². The van der Waals surface area contributed by atoms with Crippen LogP contribution in [0.1, 0.15) is 18.1 Å². The van der Waals surface area contributed by atoms with Crippen LogP contribution in [-0.4, -0.2) is 17.5 Å². The lowest BCUT2D eigenvalue weighted by atomic mass is 10.1. The maximum Gasteiger partial charge on any atom is 0.161 e. The average molecular weight is 231 g/mol. The molecule has 0 radical (unpaired) electrons. The van der Waals surface area contributed by atoms with Crippen molar-refractivity contribution in [3.05, 3.63) is 29.3 Å². The van der Waals surface area contributed by atoms with Gasteiger partial charge in [0, 0.05) is 11.4 Å². The van der Waals surface area contributed by atoms with Crippen LogP contribution < -0.4 is 5.32 Å². The van der Waals surface area contributed by atoms with Crippen molar-refractivity contribution < 1.29 is 0 Å². The number of aliphatic imine (C=N–C) groups is 1. The van der Waals surface area contributed by atoms with Crippen molar-refractivity contribution in [1.82, 2.24) is 0 Å². The smallest absolute Gasteiger partial charge is 0.161 e. The molecule has 1 heterocycles. The molecule has 16 heavy (non-hydrogen) atoms. The maximum atomic E-state index is 8.83. The molecule has 1 aliphatic rings. The molecule has 0 bridgehead atoms. The van der Waals surface area contributed by atoms with Crippen molar-refractivity contribution in [2.24, 2.45) is 4.99 Å². The molecular weight excluding hydrogens is 218 g/mol. The number of nitrogens with one attached hydrogen (secondary N) is 1. The third-order valence-electron chi connectivity index (χ3n) is 2.44. The summed E-state index contributed by atoms with van der Waals surface area (Å²) in [7, 11) is 0. The van der Waals surface area contributed by atoms with E-state index < -0.39 is 0 Å². The highest BCUT2D eigenvalue weighted by Gasteiger charge is 2.09. The van der Waals surface area contributed by atoms with Gasteiger partial charge in [-0.15, -0.1) is 0 Å². The monoisotopic (exact) mass is 231 g/mol. The minimum atomic E-state index is 0.711. The minimum absolute atomic E-state index is 0.711. The van der Waals surface area contributed by atoms with Gasteiger partial charge in [-0.25, -0.2) is 0 Å². The van der Waals surface area contributed by atoms with Gasteiger partial charge in [-0.3, -0.25) is 4.99 Å². The van der Waals surface area contributed by atoms with Gasteiger partial charge in [-0.05, 0) is 30.2 Å². The number of hydrogen-bond donors (Lipinski definition) is 1. The van der Waals surface area contributed by atoms with Gasteiger partial charge in [0.05, 0.1) is 18.2 Å². The number of aryl methyl sites for hydroxylation is 1. The molecule has 82 valence electrons. The zero-order valence-electron chi connectivity index (χ0n) is 9.16. The highest BCUT2D eigenvalue weighted by molar-refractivity contribution is 8.14. The van der Waals surface area contributed by atoms with Gasteiger partial charge >= 0.3 is 0 Å². The molecule has 0 fully saturated rings. The molecule has 0 atom stereocenters. The molecular formula is C12H13N3S. The van der Waals surface area contributed by atoms with Gasteiger partial charge in [-0.2, -0.15) is 5.26 Å². The van der Waals surface area contributed by atoms with Crippen LogP contribution in [0.3, 0.4) is 0 Å². The number of rotatable bonds is 2. The van der Waals surface area contributed by atoms with E-state index in [-0.39, 0.29) is 0 Å². The number of hydrogen-bond acceptors (Lipinski definition) is 4. The fourth-order valence-corrected chi connectivity index (χ4v) is 2.34. The molecule has 0 saturated carbocycles. The summed E-state index contributed by atoms with van der Waals surface area (Å²) in [6, 6.07) is 7.88. The maximum absolute atomic E-state index is 8.83. The van der Waals surface area contributed by atoms with E-state index in [1.807, 2.05) is 18.2 Å². The van der Waals surface area contributed by atoms with Gasteiger partial charge in [0.1, 0.15) is 0 Å². The summed E-state index contributed by atoms with van der Waals surface area (Å²) in [6.07, 6.45) is 0.912. The second-order valence-corrected chi connectivity index (χ2v) is 4.58. The zero-order chi connectivity index (χ0) is 11.4. The van der Waals surface area contributed by atoms with Crippen LogP contribution in [0, 0.1) is 11.3 Å². The SMILES string of the molecule is CCc1cc(C#N)ccc1NC1=NCCS1. The summed E-state index contributed by atoms with van der Waals surface area (Å²) >= 11 is 1.74. The summed E-state index contributed by atoms with van der Waals surface area (Å²) in [5.74, 6) is 1.06. The van der Waals surface area contributed by atoms with E-state index in [1.54, 1.807) is 11.8 Å². The minimum Gasteiger partial charge on any atom is -0.335 e. The second-order valence-electron chi connectivity index (χ2n) is 3.50. The lowest BCUT2D eigenvalue weighted by Crippen LogP contribution is -2.07. The molecule has 4 heteroatoms. The number of nitrogens with zero attached hydrogens (tertiary/aromatic N) is 2. The molecule has 3 nitrogen and oxygen atoms in total. The molecule has 0 unspecified atom stereocenters. The summed E-state index contributed by atoms with van der Waals surface area (Å²) in [6.45, 7) is 2.98. The van der Waals surface area contributed by atoms with Crippen LogP contribution in [0.5, 0.6) is 0 Å². The number of amidine groups is 1. The van der Waals surface area contributed by atoms with Crippen LogP contribution in [0.4, 0.5) is 5.69 Å². The van der Waals surface area contributed by atoms with Gasteiger partial charge in [0.15, 0.2) is 5.17 Å². The summed E-state index contributed by atoms with van der Waals surface area (Å²) in [4.78, 5) is 4.35. The Bertz CT molecular complexity index is 460. The fourth-order valence-electron chi connectivity index (χ4n) is 1.60. The molecule has 1 aromatic carbocycles. The third-order valence-corrected chi connectivity index (χ3v) is 3.33. The molecule has 0 saturated heterocycles. The second kappa shape index (κ2) is 5.04. The molecule has 0 aliphatic carbocycles. The Kier molecular flexibility index (Phi) is 3.47. The first-order chi connectivity index (χ1) is 7.83. The molecule has 0 aromatic heterocycles. The van der Waals surface area contributed by atoms with Crippen molar-refractivity contribution >= 4 is 22.6 Å². The van der Waals surface area contributed by atoms with Gasteiger partial charge < -0.3 is 5.32 Å². The predicted molar refractivity (Wildman–Crippen MR) is 68.9 cm³/mol. The normalized spacial score (nSPS) is 14.4. The summed E-state index contributed by atoms with van der Waals surface area (Å²) in [5.41, 5.74) is 2.94. The van der Waals surface area contributed by atoms with E-state index in [4.69, 9.17) is 5.26 Å². The third kappa shape index (κ3) is 2.37. The number of nitriles is 1. The summed E-state index contributed by atoms with van der Waals surface area (Å²) < 4.78 is 0. The van der Waals surface area contributed by atoms with Crippen LogP contribution in [0.2, 0.25) is 0 Å². The Morgan fingerprint density at radius 3 is 3.06 bits per heavy atom. The Morgan fingerprint density at radius 2 is 2.44 bits per heavy atom. The Morgan fingerprint density at radius 1 is 1.56 bits per heavy atom. The standard InChI is InChI=1S/C12H13N3S/c1-2-10-7-9(8-13)3-4-11(10)15-12-14-5-6-16-12/h3-4,7H,2,5-6H2,1H3,(H,14,15). The first-order valence-corrected chi connectivity index (χ1v) is 6.29. The largest absolute Gasteiger partial charge is 0.335 e. The Balaban J connectivity index is 2.23. The summed E-state index contributed by atoms with van der Waals surface area (Å²) in [5, 5.41) is 13.1. The number of benzene rings is 1. The van der Waals surface area contributed by atoms with Crippen molar-refractivity contribution in [3.8, 4) is 6.07 Å². The molecule has 1 N–H and O–H groups in total. The predicted octanol–water partition coefficient (Wildman–Crippen LogP) is 2.64.